The lowest BCUT2D eigenvalue weighted by Crippen LogP contribution is -2.01. The van der Waals surface area contributed by atoms with Crippen molar-refractivity contribution in [2.75, 3.05) is 11.1 Å². The molecule has 0 aliphatic heterocycles. The fourth-order valence-corrected chi connectivity index (χ4v) is 1.92. The van der Waals surface area contributed by atoms with Gasteiger partial charge in [0.2, 0.25) is 0 Å². The third kappa shape index (κ3) is 1.97. The van der Waals surface area contributed by atoms with Crippen molar-refractivity contribution in [2.24, 2.45) is 7.05 Å². The normalized spacial score (nSPS) is 10.0. The van der Waals surface area contributed by atoms with Crippen LogP contribution in [0, 0.1) is 11.3 Å². The summed E-state index contributed by atoms with van der Waals surface area (Å²) >= 11 is 1.18. The summed E-state index contributed by atoms with van der Waals surface area (Å²) in [7, 11) is 1.86. The number of nitrogens with zero attached hydrogens (tertiary/aromatic N) is 4. The molecule has 0 bridgehead atoms. The molecule has 82 valence electrons. The quantitative estimate of drug-likeness (QED) is 0.824. The van der Waals surface area contributed by atoms with Gasteiger partial charge in [0.1, 0.15) is 16.6 Å². The van der Waals surface area contributed by atoms with Gasteiger partial charge in [-0.15, -0.1) is 0 Å². The molecule has 0 saturated carbocycles. The van der Waals surface area contributed by atoms with E-state index in [9.17, 15) is 0 Å². The van der Waals surface area contributed by atoms with Crippen molar-refractivity contribution in [3.63, 3.8) is 0 Å². The Morgan fingerprint density at radius 3 is 3.12 bits per heavy atom. The minimum Gasteiger partial charge on any atom is -0.382 e. The maximum absolute atomic E-state index is 8.87. The van der Waals surface area contributed by atoms with E-state index in [0.717, 1.165) is 5.69 Å². The second kappa shape index (κ2) is 4.20. The van der Waals surface area contributed by atoms with Gasteiger partial charge in [0.05, 0.1) is 12.2 Å². The van der Waals surface area contributed by atoms with Crippen LogP contribution in [-0.4, -0.2) is 14.2 Å². The summed E-state index contributed by atoms with van der Waals surface area (Å²) < 4.78 is 5.64. The number of aryl methyl sites for hydroxylation is 1. The standard InChI is InChI=1S/C9H10N6S/c1-15-3-2-6(13-15)5-12-9-7(4-10)8(11)14-16-9/h2-3,12H,5H2,1H3,(H2,11,14). The Morgan fingerprint density at radius 2 is 2.50 bits per heavy atom. The smallest absolute Gasteiger partial charge is 0.157 e. The number of hydrogen-bond acceptors (Lipinski definition) is 6. The van der Waals surface area contributed by atoms with Crippen molar-refractivity contribution in [3.05, 3.63) is 23.5 Å². The fourth-order valence-electron chi connectivity index (χ4n) is 1.26. The first-order valence-corrected chi connectivity index (χ1v) is 5.35. The van der Waals surface area contributed by atoms with E-state index in [0.29, 0.717) is 17.1 Å². The summed E-state index contributed by atoms with van der Waals surface area (Å²) in [6, 6.07) is 3.93. The number of hydrogen-bond donors (Lipinski definition) is 2. The van der Waals surface area contributed by atoms with Crippen molar-refractivity contribution >= 4 is 22.4 Å². The first-order chi connectivity index (χ1) is 7.70. The molecule has 0 unspecified atom stereocenters. The van der Waals surface area contributed by atoms with Crippen LogP contribution in [0.3, 0.4) is 0 Å². The SMILES string of the molecule is Cn1ccc(CNc2snc(N)c2C#N)n1. The number of nitrogens with two attached hydrogens (primary N) is 1. The minimum absolute atomic E-state index is 0.274. The largest absolute Gasteiger partial charge is 0.382 e. The molecule has 0 amide bonds. The molecule has 2 aromatic heterocycles. The van der Waals surface area contributed by atoms with Crippen molar-refractivity contribution in [2.45, 2.75) is 6.54 Å². The number of rotatable bonds is 3. The number of anilines is 2. The summed E-state index contributed by atoms with van der Waals surface area (Å²) in [6.07, 6.45) is 1.86. The summed E-state index contributed by atoms with van der Waals surface area (Å²) in [6.45, 7) is 0.553. The molecule has 2 aromatic rings. The van der Waals surface area contributed by atoms with Crippen LogP contribution in [0.25, 0.3) is 0 Å². The number of nitrogens with one attached hydrogen (secondary N) is 1. The van der Waals surface area contributed by atoms with Crippen LogP contribution < -0.4 is 11.1 Å². The molecule has 0 spiro atoms. The lowest BCUT2D eigenvalue weighted by Gasteiger charge is -2.00. The van der Waals surface area contributed by atoms with E-state index < -0.39 is 0 Å². The van der Waals surface area contributed by atoms with E-state index >= 15 is 0 Å². The molecule has 0 aromatic carbocycles. The van der Waals surface area contributed by atoms with Gasteiger partial charge in [-0.1, -0.05) is 0 Å². The molecule has 7 heteroatoms. The second-order valence-corrected chi connectivity index (χ2v) is 3.99. The lowest BCUT2D eigenvalue weighted by atomic mass is 10.3. The summed E-state index contributed by atoms with van der Waals surface area (Å²) in [4.78, 5) is 0. The Labute approximate surface area is 96.5 Å². The highest BCUT2D eigenvalue weighted by Gasteiger charge is 2.10. The van der Waals surface area contributed by atoms with Gasteiger partial charge in [-0.3, -0.25) is 4.68 Å². The molecule has 2 heterocycles. The van der Waals surface area contributed by atoms with E-state index in [2.05, 4.69) is 14.8 Å². The highest BCUT2D eigenvalue weighted by Crippen LogP contribution is 2.25. The molecule has 0 radical (unpaired) electrons. The maximum Gasteiger partial charge on any atom is 0.157 e. The van der Waals surface area contributed by atoms with Crippen LogP contribution in [0.5, 0.6) is 0 Å². The molecule has 2 rings (SSSR count). The zero-order valence-corrected chi connectivity index (χ0v) is 9.45. The van der Waals surface area contributed by atoms with Crippen LogP contribution in [-0.2, 0) is 13.6 Å². The monoisotopic (exact) mass is 234 g/mol. The van der Waals surface area contributed by atoms with Gasteiger partial charge < -0.3 is 11.1 Å². The topological polar surface area (TPSA) is 92.5 Å². The van der Waals surface area contributed by atoms with Crippen molar-refractivity contribution in [1.29, 1.82) is 5.26 Å². The van der Waals surface area contributed by atoms with Gasteiger partial charge in [0, 0.05) is 13.2 Å². The van der Waals surface area contributed by atoms with Crippen molar-refractivity contribution in [1.82, 2.24) is 14.2 Å². The molecule has 16 heavy (non-hydrogen) atoms. The summed E-state index contributed by atoms with van der Waals surface area (Å²) in [5.74, 6) is 0.274. The Hall–Kier alpha value is -2.07. The summed E-state index contributed by atoms with van der Waals surface area (Å²) in [5, 5.41) is 16.9. The van der Waals surface area contributed by atoms with Gasteiger partial charge in [-0.25, -0.2) is 0 Å². The van der Waals surface area contributed by atoms with Gasteiger partial charge in [0.15, 0.2) is 5.82 Å². The van der Waals surface area contributed by atoms with Crippen LogP contribution in [0.4, 0.5) is 10.8 Å². The van der Waals surface area contributed by atoms with E-state index in [1.165, 1.54) is 11.5 Å². The van der Waals surface area contributed by atoms with Crippen molar-refractivity contribution in [3.8, 4) is 6.07 Å². The average Bonchev–Trinajstić information content (AvgIpc) is 2.82. The van der Waals surface area contributed by atoms with Crippen LogP contribution >= 0.6 is 11.5 Å². The molecule has 3 N–H and O–H groups in total. The fraction of sp³-hybridized carbons (Fsp3) is 0.222. The molecule has 0 aliphatic carbocycles. The predicted octanol–water partition coefficient (Wildman–Crippen LogP) is 0.943. The van der Waals surface area contributed by atoms with Crippen LogP contribution in [0.15, 0.2) is 12.3 Å². The third-order valence-electron chi connectivity index (χ3n) is 2.03. The number of nitriles is 1. The first kappa shape index (κ1) is 10.4. The Balaban J connectivity index is 2.08. The molecule has 0 fully saturated rings. The zero-order chi connectivity index (χ0) is 11.5. The average molecular weight is 234 g/mol. The Morgan fingerprint density at radius 1 is 1.69 bits per heavy atom. The minimum atomic E-state index is 0.274. The van der Waals surface area contributed by atoms with E-state index in [1.807, 2.05) is 25.4 Å². The summed E-state index contributed by atoms with van der Waals surface area (Å²) in [5.41, 5.74) is 6.85. The second-order valence-electron chi connectivity index (χ2n) is 3.22. The van der Waals surface area contributed by atoms with E-state index in [1.54, 1.807) is 4.68 Å². The molecule has 0 atom stereocenters. The van der Waals surface area contributed by atoms with E-state index in [-0.39, 0.29) is 5.82 Å². The van der Waals surface area contributed by atoms with Crippen molar-refractivity contribution < 1.29 is 0 Å². The van der Waals surface area contributed by atoms with E-state index in [4.69, 9.17) is 11.0 Å². The first-order valence-electron chi connectivity index (χ1n) is 4.58. The molecular weight excluding hydrogens is 224 g/mol. The number of nitrogen functional groups attached to an aromatic ring is 1. The molecule has 0 aliphatic rings. The molecule has 0 saturated heterocycles. The van der Waals surface area contributed by atoms with Gasteiger partial charge >= 0.3 is 0 Å². The molecule has 6 nitrogen and oxygen atoms in total. The highest BCUT2D eigenvalue weighted by molar-refractivity contribution is 7.10. The highest BCUT2D eigenvalue weighted by atomic mass is 32.1. The number of aromatic nitrogens is 3. The Kier molecular flexibility index (Phi) is 2.74. The maximum atomic E-state index is 8.87. The third-order valence-corrected chi connectivity index (χ3v) is 2.85. The van der Waals surface area contributed by atoms with Crippen LogP contribution in [0.2, 0.25) is 0 Å². The van der Waals surface area contributed by atoms with Gasteiger partial charge in [-0.05, 0) is 17.6 Å². The van der Waals surface area contributed by atoms with Crippen LogP contribution in [0.1, 0.15) is 11.3 Å². The van der Waals surface area contributed by atoms with Gasteiger partial charge in [-0.2, -0.15) is 14.7 Å². The van der Waals surface area contributed by atoms with Gasteiger partial charge in [0.25, 0.3) is 0 Å². The lowest BCUT2D eigenvalue weighted by molar-refractivity contribution is 0.747. The Bertz CT molecular complexity index is 534. The zero-order valence-electron chi connectivity index (χ0n) is 8.64. The molecular formula is C9H10N6S. The predicted molar refractivity (Wildman–Crippen MR) is 61.8 cm³/mol.